The van der Waals surface area contributed by atoms with E-state index in [1.165, 1.54) is 27.9 Å². The fraction of sp³-hybridized carbons (Fsp3) is 0.182. The molecule has 0 unspecified atom stereocenters. The first-order valence-corrected chi connectivity index (χ1v) is 8.32. The van der Waals surface area contributed by atoms with Crippen molar-refractivity contribution in [3.8, 4) is 22.3 Å². The Hall–Kier alpha value is -2.58. The Bertz CT molecular complexity index is 743. The van der Waals surface area contributed by atoms with Gasteiger partial charge in [-0.25, -0.2) is 0 Å². The van der Waals surface area contributed by atoms with E-state index in [1.807, 2.05) is 30.3 Å². The minimum atomic E-state index is 0.836. The van der Waals surface area contributed by atoms with Crippen LogP contribution in [0, 0.1) is 12.1 Å². The maximum atomic E-state index is 5.37. The highest BCUT2D eigenvalue weighted by molar-refractivity contribution is 5.88. The molecule has 2 aliphatic carbocycles. The highest BCUT2D eigenvalue weighted by atomic mass is 16.5. The zero-order valence-electron chi connectivity index (χ0n) is 13.5. The second kappa shape index (κ2) is 6.90. The molecule has 0 atom stereocenters. The van der Waals surface area contributed by atoms with Crippen LogP contribution in [0.1, 0.15) is 0 Å². The number of ether oxygens (including phenoxy) is 1. The molecule has 0 bridgehead atoms. The molecular formula is C22H19NO. The fourth-order valence-electron chi connectivity index (χ4n) is 2.89. The van der Waals surface area contributed by atoms with Crippen molar-refractivity contribution in [3.63, 3.8) is 0 Å². The average Bonchev–Trinajstić information content (AvgIpc) is 3.30. The smallest absolute Gasteiger partial charge is 0.0642 e. The molecule has 2 radical (unpaired) electrons. The SMILES string of the molecule is [c]1c2cc(-c3ccc(N4CCOCC4)cc3)cc1-2.[c]1ccccc1. The van der Waals surface area contributed by atoms with Gasteiger partial charge in [0.1, 0.15) is 0 Å². The number of anilines is 1. The topological polar surface area (TPSA) is 12.5 Å². The van der Waals surface area contributed by atoms with Crippen molar-refractivity contribution in [1.29, 1.82) is 0 Å². The third-order valence-corrected chi connectivity index (χ3v) is 4.28. The van der Waals surface area contributed by atoms with Crippen molar-refractivity contribution in [1.82, 2.24) is 0 Å². The van der Waals surface area contributed by atoms with Gasteiger partial charge in [0.2, 0.25) is 0 Å². The van der Waals surface area contributed by atoms with Crippen LogP contribution in [0.2, 0.25) is 0 Å². The van der Waals surface area contributed by atoms with Gasteiger partial charge in [0.05, 0.1) is 13.2 Å². The van der Waals surface area contributed by atoms with Gasteiger partial charge in [0.25, 0.3) is 0 Å². The van der Waals surface area contributed by atoms with E-state index in [0.29, 0.717) is 0 Å². The summed E-state index contributed by atoms with van der Waals surface area (Å²) >= 11 is 0. The molecule has 2 heteroatoms. The molecule has 118 valence electrons. The summed E-state index contributed by atoms with van der Waals surface area (Å²) in [5.74, 6) is 0. The van der Waals surface area contributed by atoms with Crippen LogP contribution >= 0.6 is 0 Å². The molecule has 2 aromatic rings. The van der Waals surface area contributed by atoms with Gasteiger partial charge in [-0.3, -0.25) is 0 Å². The summed E-state index contributed by atoms with van der Waals surface area (Å²) in [6.45, 7) is 3.66. The van der Waals surface area contributed by atoms with Gasteiger partial charge in [-0.1, -0.05) is 42.5 Å². The lowest BCUT2D eigenvalue weighted by atomic mass is 10.1. The van der Waals surface area contributed by atoms with Gasteiger partial charge >= 0.3 is 0 Å². The van der Waals surface area contributed by atoms with Crippen LogP contribution < -0.4 is 4.90 Å². The molecule has 0 spiro atoms. The summed E-state index contributed by atoms with van der Waals surface area (Å²) in [5.41, 5.74) is 6.46. The second-order valence-corrected chi connectivity index (χ2v) is 5.92. The van der Waals surface area contributed by atoms with Gasteiger partial charge in [0, 0.05) is 18.8 Å². The van der Waals surface area contributed by atoms with Crippen molar-refractivity contribution in [2.45, 2.75) is 0 Å². The Morgan fingerprint density at radius 2 is 1.46 bits per heavy atom. The minimum Gasteiger partial charge on any atom is -0.378 e. The van der Waals surface area contributed by atoms with Crippen LogP contribution in [0.15, 0.2) is 66.7 Å². The maximum absolute atomic E-state index is 5.37. The molecule has 2 nitrogen and oxygen atoms in total. The average molecular weight is 313 g/mol. The molecule has 1 heterocycles. The number of benzene rings is 3. The molecule has 0 amide bonds. The van der Waals surface area contributed by atoms with Gasteiger partial charge in [-0.05, 0) is 58.7 Å². The maximum Gasteiger partial charge on any atom is 0.0642 e. The van der Waals surface area contributed by atoms with Crippen molar-refractivity contribution >= 4 is 5.69 Å². The normalized spacial score (nSPS) is 14.6. The van der Waals surface area contributed by atoms with E-state index < -0.39 is 0 Å². The monoisotopic (exact) mass is 313 g/mol. The summed E-state index contributed by atoms with van der Waals surface area (Å²) < 4.78 is 5.37. The third kappa shape index (κ3) is 3.50. The number of hydrogen-bond acceptors (Lipinski definition) is 2. The van der Waals surface area contributed by atoms with E-state index >= 15 is 0 Å². The Morgan fingerprint density at radius 1 is 0.792 bits per heavy atom. The summed E-state index contributed by atoms with van der Waals surface area (Å²) in [5, 5.41) is 0. The summed E-state index contributed by atoms with van der Waals surface area (Å²) in [7, 11) is 0. The largest absolute Gasteiger partial charge is 0.378 e. The molecule has 1 fully saturated rings. The van der Waals surface area contributed by atoms with E-state index in [1.54, 1.807) is 0 Å². The first-order chi connectivity index (χ1) is 11.9. The molecule has 0 N–H and O–H groups in total. The lowest BCUT2D eigenvalue weighted by Crippen LogP contribution is -2.36. The lowest BCUT2D eigenvalue weighted by molar-refractivity contribution is 0.122. The van der Waals surface area contributed by atoms with Crippen LogP contribution in [-0.2, 0) is 4.74 Å². The Kier molecular flexibility index (Phi) is 4.30. The summed E-state index contributed by atoms with van der Waals surface area (Å²) in [4.78, 5) is 2.38. The first-order valence-electron chi connectivity index (χ1n) is 8.32. The minimum absolute atomic E-state index is 0.836. The number of fused-ring (bicyclic) bond motifs is 1. The molecular weight excluding hydrogens is 294 g/mol. The Morgan fingerprint density at radius 3 is 2.00 bits per heavy atom. The van der Waals surface area contributed by atoms with Gasteiger partial charge < -0.3 is 9.64 Å². The quantitative estimate of drug-likeness (QED) is 0.542. The Labute approximate surface area is 143 Å². The second-order valence-electron chi connectivity index (χ2n) is 5.92. The molecule has 3 aliphatic rings. The molecule has 1 aliphatic heterocycles. The predicted molar refractivity (Wildman–Crippen MR) is 98.0 cm³/mol. The van der Waals surface area contributed by atoms with Crippen molar-refractivity contribution < 1.29 is 4.74 Å². The zero-order valence-corrected chi connectivity index (χ0v) is 13.5. The standard InChI is InChI=1S/C16H14NO.C6H5/c1-3-16(17-5-7-18-8-6-17)4-2-12(1)13-9-14-11-15(14)10-13;1-2-4-6-5-3-1/h1-4,9-10H,5-8H2;1-5H. The molecule has 5 rings (SSSR count). The highest BCUT2D eigenvalue weighted by Gasteiger charge is 2.16. The van der Waals surface area contributed by atoms with E-state index in [4.69, 9.17) is 4.74 Å². The third-order valence-electron chi connectivity index (χ3n) is 4.28. The summed E-state index contributed by atoms with van der Waals surface area (Å²) in [6, 6.07) is 29.0. The van der Waals surface area contributed by atoms with Gasteiger partial charge in [-0.15, -0.1) is 0 Å². The van der Waals surface area contributed by atoms with E-state index in [-0.39, 0.29) is 0 Å². The molecule has 1 saturated heterocycles. The number of nitrogens with zero attached hydrogens (tertiary/aromatic N) is 1. The molecule has 0 aromatic heterocycles. The highest BCUT2D eigenvalue weighted by Crippen LogP contribution is 2.39. The van der Waals surface area contributed by atoms with Crippen LogP contribution in [0.4, 0.5) is 5.69 Å². The predicted octanol–water partition coefficient (Wildman–Crippen LogP) is 4.46. The number of rotatable bonds is 2. The first kappa shape index (κ1) is 15.0. The van der Waals surface area contributed by atoms with Gasteiger partial charge in [-0.2, -0.15) is 0 Å². The van der Waals surface area contributed by atoms with Crippen molar-refractivity contribution in [3.05, 3.63) is 78.9 Å². The number of hydrogen-bond donors (Lipinski definition) is 0. The van der Waals surface area contributed by atoms with Gasteiger partial charge in [0.15, 0.2) is 0 Å². The molecule has 2 aromatic carbocycles. The van der Waals surface area contributed by atoms with Crippen LogP contribution in [0.25, 0.3) is 22.3 Å². The molecule has 24 heavy (non-hydrogen) atoms. The van der Waals surface area contributed by atoms with Crippen molar-refractivity contribution in [2.24, 2.45) is 0 Å². The lowest BCUT2D eigenvalue weighted by Gasteiger charge is -2.28. The van der Waals surface area contributed by atoms with Crippen molar-refractivity contribution in [2.75, 3.05) is 31.2 Å². The van der Waals surface area contributed by atoms with E-state index in [9.17, 15) is 0 Å². The van der Waals surface area contributed by atoms with Crippen LogP contribution in [-0.4, -0.2) is 26.3 Å². The fourth-order valence-corrected chi connectivity index (χ4v) is 2.89. The van der Waals surface area contributed by atoms with E-state index in [0.717, 1.165) is 26.3 Å². The zero-order chi connectivity index (χ0) is 16.2. The van der Waals surface area contributed by atoms with E-state index in [2.05, 4.69) is 53.4 Å². The number of morpholine rings is 1. The summed E-state index contributed by atoms with van der Waals surface area (Å²) in [6.07, 6.45) is 0. The Balaban J connectivity index is 0.000000207. The molecule has 0 saturated carbocycles. The van der Waals surface area contributed by atoms with Crippen LogP contribution in [0.3, 0.4) is 0 Å². The van der Waals surface area contributed by atoms with Crippen LogP contribution in [0.5, 0.6) is 0 Å².